The first-order valence-corrected chi connectivity index (χ1v) is 6.30. The van der Waals surface area contributed by atoms with Crippen LogP contribution in [-0.4, -0.2) is 20.7 Å². The first-order chi connectivity index (χ1) is 9.63. The molecule has 0 spiro atoms. The largest absolute Gasteiger partial charge is 0.321 e. The molecular weight excluding hydrogens is 252 g/mol. The summed E-state index contributed by atoms with van der Waals surface area (Å²) in [5.74, 6) is -0.213. The molecule has 0 fully saturated rings. The van der Waals surface area contributed by atoms with Crippen LogP contribution < -0.4 is 5.32 Å². The van der Waals surface area contributed by atoms with E-state index >= 15 is 0 Å². The van der Waals surface area contributed by atoms with Crippen LogP contribution in [0.4, 0.5) is 5.69 Å². The number of nitrogens with one attached hydrogen (secondary N) is 1. The maximum absolute atomic E-state index is 12.1. The third-order valence-corrected chi connectivity index (χ3v) is 3.13. The highest BCUT2D eigenvalue weighted by Gasteiger charge is 2.08. The number of anilines is 1. The summed E-state index contributed by atoms with van der Waals surface area (Å²) >= 11 is 0. The van der Waals surface area contributed by atoms with E-state index in [-0.39, 0.29) is 5.91 Å². The van der Waals surface area contributed by atoms with Gasteiger partial charge in [-0.25, -0.2) is 4.98 Å². The van der Waals surface area contributed by atoms with E-state index in [1.807, 2.05) is 44.3 Å². The number of carbonyl (C=O) groups excluding carboxylic acids is 1. The molecule has 100 valence electrons. The lowest BCUT2D eigenvalue weighted by Crippen LogP contribution is -2.13. The molecule has 0 saturated heterocycles. The average molecular weight is 266 g/mol. The van der Waals surface area contributed by atoms with Crippen molar-refractivity contribution in [2.45, 2.75) is 6.92 Å². The summed E-state index contributed by atoms with van der Waals surface area (Å²) in [6, 6.07) is 11.1. The third-order valence-electron chi connectivity index (χ3n) is 3.13. The van der Waals surface area contributed by atoms with E-state index in [0.717, 1.165) is 22.3 Å². The summed E-state index contributed by atoms with van der Waals surface area (Å²) < 4.78 is 1.77. The van der Waals surface area contributed by atoms with E-state index in [0.29, 0.717) is 5.69 Å². The molecule has 20 heavy (non-hydrogen) atoms. The van der Waals surface area contributed by atoms with Crippen LogP contribution in [0.3, 0.4) is 0 Å². The van der Waals surface area contributed by atoms with Crippen molar-refractivity contribution >= 4 is 22.5 Å². The van der Waals surface area contributed by atoms with Crippen LogP contribution in [0.5, 0.6) is 0 Å². The van der Waals surface area contributed by atoms with Crippen molar-refractivity contribution < 1.29 is 4.79 Å². The van der Waals surface area contributed by atoms with Crippen LogP contribution in [0, 0.1) is 6.92 Å². The van der Waals surface area contributed by atoms with Gasteiger partial charge in [-0.1, -0.05) is 6.07 Å². The van der Waals surface area contributed by atoms with Gasteiger partial charge in [0.25, 0.3) is 5.91 Å². The SMILES string of the molecule is Cc1cccc(C(=O)Nc2ccc3cnn(C)c3c2)n1. The topological polar surface area (TPSA) is 59.8 Å². The first kappa shape index (κ1) is 12.3. The lowest BCUT2D eigenvalue weighted by atomic mass is 10.2. The Bertz CT molecular complexity index is 791. The van der Waals surface area contributed by atoms with Gasteiger partial charge in [-0.2, -0.15) is 5.10 Å². The van der Waals surface area contributed by atoms with E-state index in [9.17, 15) is 4.79 Å². The summed E-state index contributed by atoms with van der Waals surface area (Å²) in [4.78, 5) is 16.3. The van der Waals surface area contributed by atoms with Gasteiger partial charge in [-0.3, -0.25) is 9.48 Å². The number of aromatic nitrogens is 3. The number of hydrogen-bond acceptors (Lipinski definition) is 3. The van der Waals surface area contributed by atoms with E-state index < -0.39 is 0 Å². The van der Waals surface area contributed by atoms with E-state index in [1.54, 1.807) is 16.9 Å². The second-order valence-electron chi connectivity index (χ2n) is 4.66. The molecule has 0 unspecified atom stereocenters. The zero-order valence-electron chi connectivity index (χ0n) is 11.3. The highest BCUT2D eigenvalue weighted by Crippen LogP contribution is 2.18. The molecule has 3 rings (SSSR count). The maximum Gasteiger partial charge on any atom is 0.274 e. The molecule has 2 aromatic heterocycles. The minimum absolute atomic E-state index is 0.213. The normalized spacial score (nSPS) is 10.7. The van der Waals surface area contributed by atoms with Crippen molar-refractivity contribution in [2.24, 2.45) is 7.05 Å². The molecule has 1 amide bonds. The predicted molar refractivity (Wildman–Crippen MR) is 77.6 cm³/mol. The highest BCUT2D eigenvalue weighted by molar-refractivity contribution is 6.03. The van der Waals surface area contributed by atoms with Gasteiger partial charge >= 0.3 is 0 Å². The number of benzene rings is 1. The van der Waals surface area contributed by atoms with Gasteiger partial charge in [-0.15, -0.1) is 0 Å². The number of fused-ring (bicyclic) bond motifs is 1. The van der Waals surface area contributed by atoms with Gasteiger partial charge in [-0.05, 0) is 37.3 Å². The van der Waals surface area contributed by atoms with Crippen molar-refractivity contribution in [1.29, 1.82) is 0 Å². The van der Waals surface area contributed by atoms with Crippen LogP contribution in [0.25, 0.3) is 10.9 Å². The zero-order valence-corrected chi connectivity index (χ0v) is 11.3. The van der Waals surface area contributed by atoms with Gasteiger partial charge in [0.15, 0.2) is 0 Å². The number of aryl methyl sites for hydroxylation is 2. The molecule has 1 N–H and O–H groups in total. The van der Waals surface area contributed by atoms with Crippen LogP contribution in [-0.2, 0) is 7.05 Å². The van der Waals surface area contributed by atoms with Gasteiger partial charge < -0.3 is 5.32 Å². The third kappa shape index (κ3) is 2.25. The molecule has 0 aliphatic carbocycles. The lowest BCUT2D eigenvalue weighted by molar-refractivity contribution is 0.102. The minimum Gasteiger partial charge on any atom is -0.321 e. The van der Waals surface area contributed by atoms with Crippen molar-refractivity contribution in [3.05, 3.63) is 54.0 Å². The molecule has 0 radical (unpaired) electrons. The smallest absolute Gasteiger partial charge is 0.274 e. The number of nitrogens with zero attached hydrogens (tertiary/aromatic N) is 3. The monoisotopic (exact) mass is 266 g/mol. The second-order valence-corrected chi connectivity index (χ2v) is 4.66. The fourth-order valence-corrected chi connectivity index (χ4v) is 2.09. The standard InChI is InChI=1S/C15H14N4O/c1-10-4-3-5-13(17-10)15(20)18-12-7-6-11-9-16-19(2)14(11)8-12/h3-9H,1-2H3,(H,18,20). The van der Waals surface area contributed by atoms with E-state index in [1.165, 1.54) is 0 Å². The molecule has 3 aromatic rings. The van der Waals surface area contributed by atoms with Gasteiger partial charge in [0.1, 0.15) is 5.69 Å². The van der Waals surface area contributed by atoms with Crippen LogP contribution in [0.2, 0.25) is 0 Å². The summed E-state index contributed by atoms with van der Waals surface area (Å²) in [7, 11) is 1.87. The quantitative estimate of drug-likeness (QED) is 0.775. The summed E-state index contributed by atoms with van der Waals surface area (Å²) in [6.45, 7) is 1.86. The zero-order chi connectivity index (χ0) is 14.1. The Morgan fingerprint density at radius 2 is 2.10 bits per heavy atom. The molecule has 5 heteroatoms. The Morgan fingerprint density at radius 1 is 1.25 bits per heavy atom. The Balaban J connectivity index is 1.89. The number of pyridine rings is 1. The van der Waals surface area contributed by atoms with Gasteiger partial charge in [0.2, 0.25) is 0 Å². The van der Waals surface area contributed by atoms with E-state index in [2.05, 4.69) is 15.4 Å². The van der Waals surface area contributed by atoms with E-state index in [4.69, 9.17) is 0 Å². The first-order valence-electron chi connectivity index (χ1n) is 6.30. The van der Waals surface area contributed by atoms with Crippen molar-refractivity contribution in [1.82, 2.24) is 14.8 Å². The molecule has 0 aliphatic heterocycles. The molecule has 0 atom stereocenters. The molecule has 5 nitrogen and oxygen atoms in total. The molecule has 0 saturated carbocycles. The van der Waals surface area contributed by atoms with Gasteiger partial charge in [0, 0.05) is 23.8 Å². The number of amides is 1. The van der Waals surface area contributed by atoms with Crippen molar-refractivity contribution in [3.8, 4) is 0 Å². The number of rotatable bonds is 2. The summed E-state index contributed by atoms with van der Waals surface area (Å²) in [5.41, 5.74) is 2.93. The predicted octanol–water partition coefficient (Wildman–Crippen LogP) is 2.53. The Kier molecular flexibility index (Phi) is 2.95. The fourth-order valence-electron chi connectivity index (χ4n) is 2.09. The fraction of sp³-hybridized carbons (Fsp3) is 0.133. The molecular formula is C15H14N4O. The second kappa shape index (κ2) is 4.77. The molecule has 0 aliphatic rings. The maximum atomic E-state index is 12.1. The van der Waals surface area contributed by atoms with Crippen LogP contribution in [0.15, 0.2) is 42.6 Å². The Labute approximate surface area is 116 Å². The van der Waals surface area contributed by atoms with Gasteiger partial charge in [0.05, 0.1) is 11.7 Å². The van der Waals surface area contributed by atoms with Crippen molar-refractivity contribution in [3.63, 3.8) is 0 Å². The highest BCUT2D eigenvalue weighted by atomic mass is 16.1. The van der Waals surface area contributed by atoms with Crippen LogP contribution >= 0.6 is 0 Å². The molecule has 0 bridgehead atoms. The molecule has 2 heterocycles. The average Bonchev–Trinajstić information content (AvgIpc) is 2.80. The lowest BCUT2D eigenvalue weighted by Gasteiger charge is -2.06. The van der Waals surface area contributed by atoms with Crippen LogP contribution in [0.1, 0.15) is 16.2 Å². The number of hydrogen-bond donors (Lipinski definition) is 1. The number of carbonyl (C=O) groups is 1. The minimum atomic E-state index is -0.213. The molecule has 1 aromatic carbocycles. The van der Waals surface area contributed by atoms with Crippen molar-refractivity contribution in [2.75, 3.05) is 5.32 Å². The summed E-state index contributed by atoms with van der Waals surface area (Å²) in [6.07, 6.45) is 1.79. The Morgan fingerprint density at radius 3 is 2.90 bits per heavy atom. The Hall–Kier alpha value is -2.69. The summed E-state index contributed by atoms with van der Waals surface area (Å²) in [5, 5.41) is 8.07.